The molecule has 0 heterocycles. The molecule has 3 fully saturated rings. The second kappa shape index (κ2) is 7.57. The van der Waals surface area contributed by atoms with E-state index in [1.54, 1.807) is 0 Å². The van der Waals surface area contributed by atoms with Crippen molar-refractivity contribution in [3.8, 4) is 0 Å². The van der Waals surface area contributed by atoms with E-state index >= 15 is 0 Å². The molecule has 8 atom stereocenters. The van der Waals surface area contributed by atoms with Gasteiger partial charge in [-0.05, 0) is 98.7 Å². The average molecular weight is 413 g/mol. The second-order valence-electron chi connectivity index (χ2n) is 11.3. The molecular formula is C25H39F3O. The molecule has 0 amide bonds. The molecular weight excluding hydrogens is 373 g/mol. The van der Waals surface area contributed by atoms with E-state index in [9.17, 15) is 18.3 Å². The Morgan fingerprint density at radius 1 is 1.10 bits per heavy atom. The highest BCUT2D eigenvalue weighted by atomic mass is 19.4. The van der Waals surface area contributed by atoms with E-state index in [1.165, 1.54) is 38.2 Å². The number of rotatable bonds is 4. The molecule has 4 aliphatic rings. The first-order valence-electron chi connectivity index (χ1n) is 12.0. The van der Waals surface area contributed by atoms with Crippen LogP contribution in [0.15, 0.2) is 11.6 Å². The third-order valence-corrected chi connectivity index (χ3v) is 10.0. The highest BCUT2D eigenvalue weighted by Crippen LogP contribution is 2.66. The summed E-state index contributed by atoms with van der Waals surface area (Å²) >= 11 is 0. The zero-order valence-corrected chi connectivity index (χ0v) is 18.4. The summed E-state index contributed by atoms with van der Waals surface area (Å²) in [6.45, 7) is 6.25. The fourth-order valence-electron chi connectivity index (χ4n) is 8.06. The molecule has 0 aliphatic heterocycles. The summed E-state index contributed by atoms with van der Waals surface area (Å²) in [5.74, 6) is 1.62. The first-order valence-corrected chi connectivity index (χ1v) is 12.0. The lowest BCUT2D eigenvalue weighted by Gasteiger charge is -2.58. The monoisotopic (exact) mass is 412 g/mol. The van der Waals surface area contributed by atoms with Crippen LogP contribution in [0.1, 0.15) is 91.4 Å². The van der Waals surface area contributed by atoms with Gasteiger partial charge in [0.25, 0.3) is 0 Å². The van der Waals surface area contributed by atoms with Crippen LogP contribution in [-0.2, 0) is 0 Å². The number of aliphatic hydroxyl groups excluding tert-OH is 1. The van der Waals surface area contributed by atoms with Gasteiger partial charge in [0.1, 0.15) is 0 Å². The van der Waals surface area contributed by atoms with E-state index in [0.29, 0.717) is 17.8 Å². The normalized spacial score (nSPS) is 45.8. The van der Waals surface area contributed by atoms with Gasteiger partial charge < -0.3 is 5.11 Å². The van der Waals surface area contributed by atoms with E-state index in [1.807, 2.05) is 0 Å². The van der Waals surface area contributed by atoms with Crippen molar-refractivity contribution in [3.05, 3.63) is 11.6 Å². The van der Waals surface area contributed by atoms with E-state index in [-0.39, 0.29) is 17.9 Å². The minimum atomic E-state index is -4.05. The Bertz CT molecular complexity index is 640. The van der Waals surface area contributed by atoms with Gasteiger partial charge in [-0.25, -0.2) is 0 Å². The van der Waals surface area contributed by atoms with Gasteiger partial charge in [0.05, 0.1) is 12.0 Å². The number of fused-ring (bicyclic) bond motifs is 5. The van der Waals surface area contributed by atoms with Gasteiger partial charge in [0.15, 0.2) is 0 Å². The number of hydrogen-bond donors (Lipinski definition) is 1. The Morgan fingerprint density at radius 2 is 1.86 bits per heavy atom. The fourth-order valence-corrected chi connectivity index (χ4v) is 8.06. The topological polar surface area (TPSA) is 20.2 Å². The van der Waals surface area contributed by atoms with Gasteiger partial charge in [-0.2, -0.15) is 13.2 Å². The minimum absolute atomic E-state index is 0.158. The van der Waals surface area contributed by atoms with Crippen molar-refractivity contribution in [3.63, 3.8) is 0 Å². The van der Waals surface area contributed by atoms with Gasteiger partial charge in [-0.15, -0.1) is 0 Å². The summed E-state index contributed by atoms with van der Waals surface area (Å²) in [6, 6.07) is 0. The Hall–Kier alpha value is -0.510. The van der Waals surface area contributed by atoms with Crippen molar-refractivity contribution in [2.24, 2.45) is 40.4 Å². The number of halogens is 3. The molecule has 8 unspecified atom stereocenters. The Morgan fingerprint density at radius 3 is 2.59 bits per heavy atom. The smallest absolute Gasteiger partial charge is 0.391 e. The van der Waals surface area contributed by atoms with E-state index < -0.39 is 12.1 Å². The predicted octanol–water partition coefficient (Wildman–Crippen LogP) is 7.30. The van der Waals surface area contributed by atoms with Crippen LogP contribution in [-0.4, -0.2) is 17.4 Å². The highest BCUT2D eigenvalue weighted by Gasteiger charge is 2.58. The molecule has 0 bridgehead atoms. The molecule has 29 heavy (non-hydrogen) atoms. The third kappa shape index (κ3) is 3.70. The van der Waals surface area contributed by atoms with Crippen LogP contribution in [0.3, 0.4) is 0 Å². The lowest BCUT2D eigenvalue weighted by Crippen LogP contribution is -2.50. The Labute approximate surface area is 174 Å². The van der Waals surface area contributed by atoms with Crippen molar-refractivity contribution in [2.75, 3.05) is 0 Å². The number of alkyl halides is 3. The summed E-state index contributed by atoms with van der Waals surface area (Å²) in [4.78, 5) is 0. The molecule has 1 N–H and O–H groups in total. The maximum absolute atomic E-state index is 12.9. The van der Waals surface area contributed by atoms with Crippen LogP contribution in [0, 0.1) is 40.4 Å². The molecule has 4 heteroatoms. The molecule has 4 aliphatic carbocycles. The molecule has 0 aromatic carbocycles. The van der Waals surface area contributed by atoms with Crippen LogP contribution >= 0.6 is 0 Å². The standard InChI is InChI=1S/C25H39F3O/c1-16(25(26,27)28)5-4-6-17-8-10-21-20-9-7-18-15-19(29)11-13-24(18,3)22(20)12-14-23(17,21)2/h7,16-17,19-22,29H,4-6,8-15H2,1-3H3. The number of aliphatic hydroxyl groups is 1. The first kappa shape index (κ1) is 21.7. The Kier molecular flexibility index (Phi) is 5.67. The summed E-state index contributed by atoms with van der Waals surface area (Å²) in [5, 5.41) is 10.1. The van der Waals surface area contributed by atoms with Crippen LogP contribution in [0.25, 0.3) is 0 Å². The maximum Gasteiger partial charge on any atom is 0.391 e. The van der Waals surface area contributed by atoms with Crippen molar-refractivity contribution in [1.29, 1.82) is 0 Å². The molecule has 4 rings (SSSR count). The van der Waals surface area contributed by atoms with Crippen LogP contribution in [0.4, 0.5) is 13.2 Å². The van der Waals surface area contributed by atoms with Crippen molar-refractivity contribution < 1.29 is 18.3 Å². The predicted molar refractivity (Wildman–Crippen MR) is 110 cm³/mol. The van der Waals surface area contributed by atoms with Crippen molar-refractivity contribution >= 4 is 0 Å². The largest absolute Gasteiger partial charge is 0.393 e. The molecule has 0 aromatic heterocycles. The van der Waals surface area contributed by atoms with Crippen LogP contribution in [0.2, 0.25) is 0 Å². The number of allylic oxidation sites excluding steroid dienone is 1. The van der Waals surface area contributed by atoms with E-state index in [0.717, 1.165) is 49.9 Å². The van der Waals surface area contributed by atoms with Gasteiger partial charge in [-0.3, -0.25) is 0 Å². The fraction of sp³-hybridized carbons (Fsp3) is 0.920. The average Bonchev–Trinajstić information content (AvgIpc) is 2.98. The molecule has 0 radical (unpaired) electrons. The van der Waals surface area contributed by atoms with Crippen LogP contribution < -0.4 is 0 Å². The summed E-state index contributed by atoms with van der Waals surface area (Å²) in [6.07, 6.45) is 9.25. The van der Waals surface area contributed by atoms with Crippen molar-refractivity contribution in [2.45, 2.75) is 104 Å². The Balaban J connectivity index is 1.43. The third-order valence-electron chi connectivity index (χ3n) is 10.0. The van der Waals surface area contributed by atoms with Crippen molar-refractivity contribution in [1.82, 2.24) is 0 Å². The molecule has 166 valence electrons. The lowest BCUT2D eigenvalue weighted by molar-refractivity contribution is -0.171. The summed E-state index contributed by atoms with van der Waals surface area (Å²) in [7, 11) is 0. The minimum Gasteiger partial charge on any atom is -0.393 e. The van der Waals surface area contributed by atoms with Gasteiger partial charge in [0, 0.05) is 0 Å². The highest BCUT2D eigenvalue weighted by molar-refractivity contribution is 5.25. The molecule has 0 aromatic rings. The second-order valence-corrected chi connectivity index (χ2v) is 11.3. The quantitative estimate of drug-likeness (QED) is 0.481. The maximum atomic E-state index is 12.9. The van der Waals surface area contributed by atoms with E-state index in [4.69, 9.17) is 0 Å². The summed E-state index contributed by atoms with van der Waals surface area (Å²) < 4.78 is 38.6. The molecule has 0 spiro atoms. The molecule has 0 saturated heterocycles. The number of hydrogen-bond acceptors (Lipinski definition) is 1. The SMILES string of the molecule is CC(CCCC1CCC2C3CC=C4CC(O)CCC4(C)C3CCC12C)C(F)(F)F. The first-order chi connectivity index (χ1) is 13.6. The molecule has 1 nitrogen and oxygen atoms in total. The zero-order chi connectivity index (χ0) is 21.0. The summed E-state index contributed by atoms with van der Waals surface area (Å²) in [5.41, 5.74) is 2.10. The molecule has 3 saturated carbocycles. The van der Waals surface area contributed by atoms with Gasteiger partial charge in [0.2, 0.25) is 0 Å². The zero-order valence-electron chi connectivity index (χ0n) is 18.4. The van der Waals surface area contributed by atoms with E-state index in [2.05, 4.69) is 19.9 Å². The van der Waals surface area contributed by atoms with Gasteiger partial charge in [-0.1, -0.05) is 38.8 Å². The van der Waals surface area contributed by atoms with Gasteiger partial charge >= 0.3 is 6.18 Å². The lowest BCUT2D eigenvalue weighted by atomic mass is 9.47. The van der Waals surface area contributed by atoms with Crippen LogP contribution in [0.5, 0.6) is 0 Å².